The number of rotatable bonds is 8. The number of aromatic nitrogens is 1. The first kappa shape index (κ1) is 21.4. The summed E-state index contributed by atoms with van der Waals surface area (Å²) in [6.45, 7) is 5.20. The van der Waals surface area contributed by atoms with Crippen LogP contribution in [-0.2, 0) is 27.2 Å². The highest BCUT2D eigenvalue weighted by Gasteiger charge is 2.30. The summed E-state index contributed by atoms with van der Waals surface area (Å²) in [6, 6.07) is 3.90. The maximum atomic E-state index is 12.8. The molecule has 3 heterocycles. The maximum Gasteiger partial charge on any atom is 0.231 e. The molecule has 0 spiro atoms. The lowest BCUT2D eigenvalue weighted by Gasteiger charge is -2.26. The Morgan fingerprint density at radius 2 is 2.17 bits per heavy atom. The zero-order valence-corrected chi connectivity index (χ0v) is 18.7. The Bertz CT molecular complexity index is 847. The van der Waals surface area contributed by atoms with E-state index >= 15 is 0 Å². The van der Waals surface area contributed by atoms with Crippen LogP contribution in [0.3, 0.4) is 0 Å². The number of fused-ring (bicyclic) bond motifs is 1. The van der Waals surface area contributed by atoms with Gasteiger partial charge in [-0.15, -0.1) is 22.7 Å². The molecule has 2 N–H and O–H groups in total. The molecule has 1 aliphatic carbocycles. The van der Waals surface area contributed by atoms with Crippen LogP contribution < -0.4 is 10.6 Å². The Morgan fingerprint density at radius 1 is 1.30 bits per heavy atom. The Labute approximate surface area is 184 Å². The number of carbonyl (C=O) groups excluding carboxylic acids is 2. The minimum absolute atomic E-state index is 0.0553. The monoisotopic (exact) mass is 448 g/mol. The molecule has 0 bridgehead atoms. The molecule has 4 rings (SSSR count). The highest BCUT2D eigenvalue weighted by molar-refractivity contribution is 7.16. The third-order valence-corrected chi connectivity index (χ3v) is 7.41. The number of amides is 2. The van der Waals surface area contributed by atoms with Crippen LogP contribution in [0.5, 0.6) is 0 Å². The van der Waals surface area contributed by atoms with Crippen molar-refractivity contribution in [2.24, 2.45) is 0 Å². The fourth-order valence-corrected chi connectivity index (χ4v) is 5.71. The summed E-state index contributed by atoms with van der Waals surface area (Å²) in [5.41, 5.74) is 0.850. The van der Waals surface area contributed by atoms with Gasteiger partial charge in [0.2, 0.25) is 11.8 Å². The lowest BCUT2D eigenvalue weighted by molar-refractivity contribution is -0.123. The molecule has 30 heavy (non-hydrogen) atoms. The van der Waals surface area contributed by atoms with Gasteiger partial charge in [-0.05, 0) is 43.7 Å². The van der Waals surface area contributed by atoms with Crippen LogP contribution >= 0.6 is 22.7 Å². The number of hydrogen-bond acceptors (Lipinski definition) is 7. The number of aryl methyl sites for hydroxylation is 1. The predicted molar refractivity (Wildman–Crippen MR) is 119 cm³/mol. The molecule has 9 heteroatoms. The molecule has 1 saturated heterocycles. The van der Waals surface area contributed by atoms with Gasteiger partial charge >= 0.3 is 0 Å². The summed E-state index contributed by atoms with van der Waals surface area (Å²) < 4.78 is 5.37. The van der Waals surface area contributed by atoms with E-state index in [0.717, 1.165) is 74.0 Å². The van der Waals surface area contributed by atoms with Crippen molar-refractivity contribution in [3.8, 4) is 0 Å². The number of nitrogens with zero attached hydrogens (tertiary/aromatic N) is 2. The number of nitrogens with one attached hydrogen (secondary N) is 2. The molecule has 2 aromatic heterocycles. The Balaban J connectivity index is 1.28. The van der Waals surface area contributed by atoms with Gasteiger partial charge in [-0.2, -0.15) is 0 Å². The number of ether oxygens (including phenoxy) is 1. The van der Waals surface area contributed by atoms with Crippen molar-refractivity contribution >= 4 is 39.6 Å². The lowest BCUT2D eigenvalue weighted by atomic mass is 9.90. The quantitative estimate of drug-likeness (QED) is 0.607. The number of thiophene rings is 1. The number of anilines is 1. The van der Waals surface area contributed by atoms with Gasteiger partial charge in [-0.25, -0.2) is 4.98 Å². The largest absolute Gasteiger partial charge is 0.379 e. The topological polar surface area (TPSA) is 83.6 Å². The zero-order chi connectivity index (χ0) is 20.8. The molecule has 1 fully saturated rings. The Morgan fingerprint density at radius 3 is 2.97 bits per heavy atom. The maximum absolute atomic E-state index is 12.8. The van der Waals surface area contributed by atoms with Gasteiger partial charge in [-0.3, -0.25) is 14.5 Å². The molecule has 1 aliphatic heterocycles. The number of hydrogen-bond donors (Lipinski definition) is 2. The molecule has 2 aliphatic rings. The average Bonchev–Trinajstić information content (AvgIpc) is 3.40. The van der Waals surface area contributed by atoms with Gasteiger partial charge in [0.1, 0.15) is 0 Å². The molecule has 0 aromatic carbocycles. The summed E-state index contributed by atoms with van der Waals surface area (Å²) in [5, 5.41) is 8.58. The molecule has 1 atom stereocenters. The van der Waals surface area contributed by atoms with Crippen LogP contribution in [0.1, 0.15) is 40.6 Å². The minimum atomic E-state index is -0.212. The highest BCUT2D eigenvalue weighted by atomic mass is 32.1. The summed E-state index contributed by atoms with van der Waals surface area (Å²) >= 11 is 3.08. The summed E-state index contributed by atoms with van der Waals surface area (Å²) in [6.07, 6.45) is 4.01. The van der Waals surface area contributed by atoms with E-state index in [1.807, 2.05) is 17.5 Å². The van der Waals surface area contributed by atoms with Crippen molar-refractivity contribution in [1.82, 2.24) is 15.2 Å². The molecular formula is C21H28N4O3S2. The van der Waals surface area contributed by atoms with Gasteiger partial charge in [0, 0.05) is 29.4 Å². The molecule has 162 valence electrons. The van der Waals surface area contributed by atoms with E-state index in [1.165, 1.54) is 11.3 Å². The van der Waals surface area contributed by atoms with Crippen molar-refractivity contribution in [2.45, 2.75) is 38.0 Å². The second-order valence-corrected chi connectivity index (χ2v) is 9.79. The third kappa shape index (κ3) is 5.66. The van der Waals surface area contributed by atoms with E-state index in [9.17, 15) is 9.59 Å². The number of morpholine rings is 1. The van der Waals surface area contributed by atoms with E-state index in [4.69, 9.17) is 4.74 Å². The van der Waals surface area contributed by atoms with Gasteiger partial charge in [0.15, 0.2) is 5.13 Å². The summed E-state index contributed by atoms with van der Waals surface area (Å²) in [5.74, 6) is -0.219. The molecule has 1 unspecified atom stereocenters. The van der Waals surface area contributed by atoms with Crippen molar-refractivity contribution in [1.29, 1.82) is 0 Å². The van der Waals surface area contributed by atoms with Gasteiger partial charge < -0.3 is 15.4 Å². The van der Waals surface area contributed by atoms with Crippen molar-refractivity contribution in [3.63, 3.8) is 0 Å². The molecular weight excluding hydrogens is 420 g/mol. The first-order chi connectivity index (χ1) is 14.7. The number of carbonyl (C=O) groups is 2. The molecule has 0 radical (unpaired) electrons. The Hall–Kier alpha value is -1.81. The zero-order valence-electron chi connectivity index (χ0n) is 17.0. The lowest BCUT2D eigenvalue weighted by Crippen LogP contribution is -2.38. The van der Waals surface area contributed by atoms with Gasteiger partial charge in [0.05, 0.1) is 31.2 Å². The standard InChI is InChI=1S/C21H28N4O3S2/c26-18(14-15-4-2-13-29-15)23-21-24-19-16(5-1-6-17(19)30-21)20(27)22-7-3-8-25-9-11-28-12-10-25/h2,4,13,16H,1,3,5-12,14H2,(H,22,27)(H,23,24,26). The first-order valence-electron chi connectivity index (χ1n) is 10.6. The Kier molecular flexibility index (Phi) is 7.48. The van der Waals surface area contributed by atoms with Crippen molar-refractivity contribution in [2.75, 3.05) is 44.7 Å². The van der Waals surface area contributed by atoms with Crippen LogP contribution in [0.25, 0.3) is 0 Å². The van der Waals surface area contributed by atoms with E-state index < -0.39 is 0 Å². The second kappa shape index (κ2) is 10.5. The molecule has 2 amide bonds. The smallest absolute Gasteiger partial charge is 0.231 e. The highest BCUT2D eigenvalue weighted by Crippen LogP contribution is 2.36. The van der Waals surface area contributed by atoms with Crippen LogP contribution in [0.2, 0.25) is 0 Å². The van der Waals surface area contributed by atoms with E-state index in [2.05, 4.69) is 20.5 Å². The van der Waals surface area contributed by atoms with E-state index in [1.54, 1.807) is 11.3 Å². The van der Waals surface area contributed by atoms with E-state index in [-0.39, 0.29) is 17.7 Å². The summed E-state index contributed by atoms with van der Waals surface area (Å²) in [7, 11) is 0. The fraction of sp³-hybridized carbons (Fsp3) is 0.571. The normalized spacial score (nSPS) is 19.3. The minimum Gasteiger partial charge on any atom is -0.379 e. The van der Waals surface area contributed by atoms with Crippen LogP contribution in [0.4, 0.5) is 5.13 Å². The SMILES string of the molecule is O=C(Cc1cccs1)Nc1nc2c(s1)CCCC2C(=O)NCCCN1CCOCC1. The fourth-order valence-electron chi connectivity index (χ4n) is 3.92. The van der Waals surface area contributed by atoms with Crippen LogP contribution in [-0.4, -0.2) is 61.1 Å². The van der Waals surface area contributed by atoms with Crippen molar-refractivity contribution in [3.05, 3.63) is 33.0 Å². The average molecular weight is 449 g/mol. The summed E-state index contributed by atoms with van der Waals surface area (Å²) in [4.78, 5) is 34.2. The van der Waals surface area contributed by atoms with Gasteiger partial charge in [0.25, 0.3) is 0 Å². The predicted octanol–water partition coefficient (Wildman–Crippen LogP) is 2.64. The van der Waals surface area contributed by atoms with Crippen LogP contribution in [0.15, 0.2) is 17.5 Å². The second-order valence-electron chi connectivity index (χ2n) is 7.68. The molecule has 2 aromatic rings. The molecule has 0 saturated carbocycles. The number of thiazole rings is 1. The molecule has 7 nitrogen and oxygen atoms in total. The third-order valence-electron chi connectivity index (χ3n) is 5.49. The van der Waals surface area contributed by atoms with Gasteiger partial charge in [-0.1, -0.05) is 6.07 Å². The van der Waals surface area contributed by atoms with Crippen LogP contribution in [0, 0.1) is 0 Å². The first-order valence-corrected chi connectivity index (χ1v) is 12.3. The van der Waals surface area contributed by atoms with E-state index in [0.29, 0.717) is 18.1 Å². The van der Waals surface area contributed by atoms with Crippen molar-refractivity contribution < 1.29 is 14.3 Å².